The molecule has 5 atom stereocenters. The fourth-order valence-electron chi connectivity index (χ4n) is 6.94. The molecule has 0 bridgehead atoms. The molecule has 3 aliphatic heterocycles. The Balaban J connectivity index is 1.51. The van der Waals surface area contributed by atoms with Gasteiger partial charge in [-0.25, -0.2) is 4.79 Å². The Morgan fingerprint density at radius 2 is 1.29 bits per heavy atom. The summed E-state index contributed by atoms with van der Waals surface area (Å²) >= 11 is 0. The number of hydrogen-bond acceptors (Lipinski definition) is 10. The van der Waals surface area contributed by atoms with Gasteiger partial charge >= 0.3 is 17.9 Å². The molecule has 1 saturated heterocycles. The average Bonchev–Trinajstić information content (AvgIpc) is 3.78. The summed E-state index contributed by atoms with van der Waals surface area (Å²) in [5.41, 5.74) is 8.76. The van der Waals surface area contributed by atoms with Gasteiger partial charge in [-0.3, -0.25) is 19.2 Å². The third-order valence-corrected chi connectivity index (χ3v) is 10.2. The van der Waals surface area contributed by atoms with Crippen molar-refractivity contribution in [2.24, 2.45) is 0 Å². The lowest BCUT2D eigenvalue weighted by Gasteiger charge is -2.37. The summed E-state index contributed by atoms with van der Waals surface area (Å²) in [6.45, 7) is 14.7. The second-order valence-electron chi connectivity index (χ2n) is 13.5. The van der Waals surface area contributed by atoms with E-state index in [9.17, 15) is 49.5 Å². The minimum Gasteiger partial charge on any atom is -0.481 e. The number of carboxylic acids is 2. The molecule has 2 amide bonds. The Kier molecular flexibility index (Phi) is 12.0. The van der Waals surface area contributed by atoms with Crippen LogP contribution in [0.3, 0.4) is 0 Å². The standard InChI is InChI=1S/C39H44N4O12/c1-7-20-19(6)36(50)43-27(20)14-25-17(4)22(9-11-30(44)45)28(41-25)15-29-23(18(5)24(40-29)13-26-16(3)21(8-2)37(51)42-26)10-12-31(46)54-39-34(49)32(47)33(48)35(55-39)38(52)53/h7-8,13-14,32-35,39-41,47-49H,1-2,9-12,15H2,3-6H3,(H,42,51)(H,43,50)(H,44,45)(H,52,53)/b26-13-,27-14-. The van der Waals surface area contributed by atoms with Crippen molar-refractivity contribution in [3.8, 4) is 0 Å². The molecule has 16 heteroatoms. The van der Waals surface area contributed by atoms with Crippen molar-refractivity contribution in [1.29, 1.82) is 0 Å². The number of aromatic amines is 2. The highest BCUT2D eigenvalue weighted by atomic mass is 16.7. The van der Waals surface area contributed by atoms with Crippen LogP contribution >= 0.6 is 0 Å². The van der Waals surface area contributed by atoms with E-state index < -0.39 is 48.6 Å². The van der Waals surface area contributed by atoms with Crippen molar-refractivity contribution in [2.45, 2.75) is 90.5 Å². The molecule has 55 heavy (non-hydrogen) atoms. The third-order valence-electron chi connectivity index (χ3n) is 10.2. The lowest BCUT2D eigenvalue weighted by atomic mass is 9.98. The molecule has 0 aromatic carbocycles. The van der Waals surface area contributed by atoms with Crippen LogP contribution < -0.4 is 10.6 Å². The number of carboxylic acid groups (broad SMARTS) is 2. The van der Waals surface area contributed by atoms with Gasteiger partial charge in [-0.1, -0.05) is 25.3 Å². The highest BCUT2D eigenvalue weighted by molar-refractivity contribution is 6.03. The van der Waals surface area contributed by atoms with Gasteiger partial charge in [-0.2, -0.15) is 0 Å². The largest absolute Gasteiger partial charge is 0.481 e. The Labute approximate surface area is 315 Å². The molecule has 9 N–H and O–H groups in total. The van der Waals surface area contributed by atoms with Gasteiger partial charge in [0, 0.05) is 64.5 Å². The first-order valence-electron chi connectivity index (χ1n) is 17.4. The van der Waals surface area contributed by atoms with Crippen LogP contribution in [0.2, 0.25) is 0 Å². The second-order valence-corrected chi connectivity index (χ2v) is 13.5. The summed E-state index contributed by atoms with van der Waals surface area (Å²) in [6.07, 6.45) is -3.07. The highest BCUT2D eigenvalue weighted by Crippen LogP contribution is 2.32. The average molecular weight is 761 g/mol. The van der Waals surface area contributed by atoms with Crippen molar-refractivity contribution in [3.05, 3.63) is 104 Å². The molecule has 3 aliphatic rings. The van der Waals surface area contributed by atoms with Crippen LogP contribution in [0.4, 0.5) is 0 Å². The molecule has 0 aliphatic carbocycles. The molecule has 0 radical (unpaired) electrons. The molecular formula is C39H44N4O12. The zero-order valence-electron chi connectivity index (χ0n) is 30.7. The number of allylic oxidation sites excluding steroid dienone is 2. The number of carbonyl (C=O) groups excluding carboxylic acids is 3. The fraction of sp³-hybridized carbons (Fsp3) is 0.359. The topological polar surface area (TPSA) is 261 Å². The van der Waals surface area contributed by atoms with Crippen LogP contribution in [0, 0.1) is 13.8 Å². The van der Waals surface area contributed by atoms with Gasteiger partial charge in [0.15, 0.2) is 6.10 Å². The van der Waals surface area contributed by atoms with Crippen LogP contribution in [-0.4, -0.2) is 95.9 Å². The number of carbonyl (C=O) groups is 5. The van der Waals surface area contributed by atoms with Gasteiger partial charge in [0.2, 0.25) is 6.29 Å². The summed E-state index contributed by atoms with van der Waals surface area (Å²) in [4.78, 5) is 68.1. The maximum atomic E-state index is 13.1. The summed E-state index contributed by atoms with van der Waals surface area (Å²) in [5, 5.41) is 55.1. The van der Waals surface area contributed by atoms with Crippen LogP contribution in [0.1, 0.15) is 71.7 Å². The maximum absolute atomic E-state index is 13.1. The number of ether oxygens (including phenoxy) is 2. The summed E-state index contributed by atoms with van der Waals surface area (Å²) in [5.74, 6) is -4.08. The first kappa shape index (κ1) is 40.4. The van der Waals surface area contributed by atoms with E-state index in [1.165, 1.54) is 6.08 Å². The molecule has 0 spiro atoms. The van der Waals surface area contributed by atoms with E-state index in [-0.39, 0.29) is 43.9 Å². The highest BCUT2D eigenvalue weighted by Gasteiger charge is 2.48. The summed E-state index contributed by atoms with van der Waals surface area (Å²) in [7, 11) is 0. The monoisotopic (exact) mass is 760 g/mol. The predicted molar refractivity (Wildman–Crippen MR) is 197 cm³/mol. The van der Waals surface area contributed by atoms with E-state index in [1.807, 2.05) is 13.8 Å². The van der Waals surface area contributed by atoms with E-state index in [0.717, 1.165) is 11.1 Å². The number of esters is 1. The van der Waals surface area contributed by atoms with Crippen LogP contribution in [0.25, 0.3) is 12.2 Å². The number of nitrogens with one attached hydrogen (secondary N) is 4. The number of hydrogen-bond donors (Lipinski definition) is 9. The van der Waals surface area contributed by atoms with E-state index >= 15 is 0 Å². The van der Waals surface area contributed by atoms with Gasteiger partial charge in [0.25, 0.3) is 11.8 Å². The van der Waals surface area contributed by atoms with Crippen LogP contribution in [0.15, 0.2) is 59.0 Å². The zero-order valence-corrected chi connectivity index (χ0v) is 30.7. The quantitative estimate of drug-likeness (QED) is 0.125. The lowest BCUT2D eigenvalue weighted by Crippen LogP contribution is -2.60. The first-order chi connectivity index (χ1) is 26.0. The van der Waals surface area contributed by atoms with E-state index in [1.54, 1.807) is 32.1 Å². The Morgan fingerprint density at radius 3 is 1.82 bits per heavy atom. The molecule has 2 aromatic rings. The Hall–Kier alpha value is -5.81. The molecule has 0 saturated carbocycles. The Morgan fingerprint density at radius 1 is 0.745 bits per heavy atom. The normalized spacial score (nSPS) is 24.1. The summed E-state index contributed by atoms with van der Waals surface area (Å²) in [6, 6.07) is 0. The lowest BCUT2D eigenvalue weighted by molar-refractivity contribution is -0.286. The molecule has 16 nitrogen and oxygen atoms in total. The molecule has 5 rings (SSSR count). The number of rotatable bonds is 14. The zero-order chi connectivity index (χ0) is 40.5. The van der Waals surface area contributed by atoms with Crippen molar-refractivity contribution >= 4 is 41.9 Å². The number of aliphatic hydroxyl groups excluding tert-OH is 3. The number of aromatic nitrogens is 2. The smallest absolute Gasteiger partial charge is 0.335 e. The SMILES string of the molecule is C=CC1=C(C)/C(=C/c2[nH]c(Cc3[nH]c(/C=C4\NC(=O)C(C)=C4C=C)c(C)c3CCC(=O)O)c(CCC(=O)OC3OC(C(=O)O)C(O)C(O)C3O)c2C)NC1=O. The number of H-pyrrole nitrogens is 2. The number of aliphatic carboxylic acids is 2. The van der Waals surface area contributed by atoms with E-state index in [2.05, 4.69) is 33.8 Å². The number of aliphatic hydroxyl groups is 3. The molecule has 5 unspecified atom stereocenters. The van der Waals surface area contributed by atoms with Gasteiger partial charge in [-0.15, -0.1) is 0 Å². The molecule has 2 aromatic heterocycles. The van der Waals surface area contributed by atoms with Crippen molar-refractivity contribution in [3.63, 3.8) is 0 Å². The molecule has 292 valence electrons. The van der Waals surface area contributed by atoms with Gasteiger partial charge < -0.3 is 55.6 Å². The summed E-state index contributed by atoms with van der Waals surface area (Å²) < 4.78 is 10.3. The third kappa shape index (κ3) is 8.17. The maximum Gasteiger partial charge on any atom is 0.335 e. The fourth-order valence-corrected chi connectivity index (χ4v) is 6.94. The van der Waals surface area contributed by atoms with Crippen LogP contribution in [-0.2, 0) is 52.7 Å². The van der Waals surface area contributed by atoms with Crippen molar-refractivity contribution in [1.82, 2.24) is 20.6 Å². The minimum atomic E-state index is -1.96. The van der Waals surface area contributed by atoms with E-state index in [0.29, 0.717) is 67.6 Å². The van der Waals surface area contributed by atoms with Crippen LogP contribution in [0.5, 0.6) is 0 Å². The van der Waals surface area contributed by atoms with Gasteiger partial charge in [-0.05, 0) is 80.5 Å². The van der Waals surface area contributed by atoms with Gasteiger partial charge in [0.05, 0.1) is 5.70 Å². The van der Waals surface area contributed by atoms with Crippen molar-refractivity contribution in [2.75, 3.05) is 0 Å². The molecule has 5 heterocycles. The minimum absolute atomic E-state index is 0.0645. The molecule has 1 fully saturated rings. The predicted octanol–water partition coefficient (Wildman–Crippen LogP) is 1.88. The first-order valence-corrected chi connectivity index (χ1v) is 17.4. The number of amides is 2. The second kappa shape index (κ2) is 16.3. The van der Waals surface area contributed by atoms with Crippen molar-refractivity contribution < 1.29 is 59.0 Å². The Bertz CT molecular complexity index is 2110. The molecular weight excluding hydrogens is 716 g/mol. The van der Waals surface area contributed by atoms with Gasteiger partial charge in [0.1, 0.15) is 18.3 Å². The van der Waals surface area contributed by atoms with E-state index in [4.69, 9.17) is 9.47 Å².